The van der Waals surface area contributed by atoms with Crippen LogP contribution in [-0.2, 0) is 4.79 Å². The standard InChI is InChI=1S/C12H17N3O/c1-8-3-4-10-9(7-8)14-12(16)11(5-6-13)15(10)2/h3-4,7,11H,5-6,13H2,1-2H3,(H,14,16). The lowest BCUT2D eigenvalue weighted by atomic mass is 10.0. The normalized spacial score (nSPS) is 19.3. The third-order valence-corrected chi connectivity index (χ3v) is 3.00. The van der Waals surface area contributed by atoms with Crippen LogP contribution < -0.4 is 16.0 Å². The van der Waals surface area contributed by atoms with E-state index in [2.05, 4.69) is 5.32 Å². The Morgan fingerprint density at radius 2 is 2.25 bits per heavy atom. The van der Waals surface area contributed by atoms with Crippen molar-refractivity contribution in [2.75, 3.05) is 23.8 Å². The maximum Gasteiger partial charge on any atom is 0.247 e. The van der Waals surface area contributed by atoms with Crippen LogP contribution in [0.2, 0.25) is 0 Å². The van der Waals surface area contributed by atoms with Gasteiger partial charge in [-0.05, 0) is 37.6 Å². The highest BCUT2D eigenvalue weighted by molar-refractivity contribution is 6.03. The molecule has 0 spiro atoms. The molecule has 1 aromatic carbocycles. The molecule has 1 unspecified atom stereocenters. The van der Waals surface area contributed by atoms with Gasteiger partial charge in [-0.25, -0.2) is 0 Å². The highest BCUT2D eigenvalue weighted by Gasteiger charge is 2.29. The molecule has 0 fully saturated rings. The molecule has 1 amide bonds. The number of likely N-dealkylation sites (N-methyl/N-ethyl adjacent to an activating group) is 1. The quantitative estimate of drug-likeness (QED) is 0.783. The van der Waals surface area contributed by atoms with Crippen molar-refractivity contribution in [3.05, 3.63) is 23.8 Å². The lowest BCUT2D eigenvalue weighted by molar-refractivity contribution is -0.117. The minimum absolute atomic E-state index is 0.0334. The molecule has 0 aliphatic carbocycles. The Kier molecular flexibility index (Phi) is 2.83. The zero-order valence-corrected chi connectivity index (χ0v) is 9.66. The molecule has 86 valence electrons. The van der Waals surface area contributed by atoms with Gasteiger partial charge in [0.2, 0.25) is 5.91 Å². The summed E-state index contributed by atoms with van der Waals surface area (Å²) in [5, 5.41) is 2.93. The van der Waals surface area contributed by atoms with Gasteiger partial charge in [0.05, 0.1) is 11.4 Å². The topological polar surface area (TPSA) is 58.4 Å². The maximum absolute atomic E-state index is 11.9. The van der Waals surface area contributed by atoms with Gasteiger partial charge < -0.3 is 16.0 Å². The van der Waals surface area contributed by atoms with E-state index in [0.717, 1.165) is 16.9 Å². The Bertz CT molecular complexity index is 417. The van der Waals surface area contributed by atoms with Crippen molar-refractivity contribution < 1.29 is 4.79 Å². The molecule has 4 nitrogen and oxygen atoms in total. The molecule has 1 heterocycles. The van der Waals surface area contributed by atoms with E-state index in [1.807, 2.05) is 37.1 Å². The Hall–Kier alpha value is -1.55. The van der Waals surface area contributed by atoms with Gasteiger partial charge in [0.25, 0.3) is 0 Å². The SMILES string of the molecule is Cc1ccc2c(c1)NC(=O)C(CCN)N2C. The van der Waals surface area contributed by atoms with Crippen LogP contribution in [0.4, 0.5) is 11.4 Å². The van der Waals surface area contributed by atoms with Crippen LogP contribution in [0.15, 0.2) is 18.2 Å². The molecule has 0 saturated carbocycles. The average Bonchev–Trinajstić information content (AvgIpc) is 2.23. The molecule has 16 heavy (non-hydrogen) atoms. The van der Waals surface area contributed by atoms with Crippen LogP contribution >= 0.6 is 0 Å². The lowest BCUT2D eigenvalue weighted by Gasteiger charge is -2.35. The molecule has 1 aliphatic rings. The van der Waals surface area contributed by atoms with Crippen LogP contribution in [0.3, 0.4) is 0 Å². The number of nitrogens with zero attached hydrogens (tertiary/aromatic N) is 1. The molecule has 4 heteroatoms. The monoisotopic (exact) mass is 219 g/mol. The fraction of sp³-hybridized carbons (Fsp3) is 0.417. The summed E-state index contributed by atoms with van der Waals surface area (Å²) in [7, 11) is 1.94. The number of nitrogens with two attached hydrogens (primary N) is 1. The van der Waals surface area contributed by atoms with Gasteiger partial charge in [-0.1, -0.05) is 6.07 Å². The minimum Gasteiger partial charge on any atom is -0.361 e. The summed E-state index contributed by atoms with van der Waals surface area (Å²) >= 11 is 0. The van der Waals surface area contributed by atoms with Gasteiger partial charge in [0.1, 0.15) is 6.04 Å². The van der Waals surface area contributed by atoms with E-state index in [9.17, 15) is 4.79 Å². The number of carbonyl (C=O) groups excluding carboxylic acids is 1. The molecule has 0 saturated heterocycles. The van der Waals surface area contributed by atoms with Gasteiger partial charge in [0.15, 0.2) is 0 Å². The first-order chi connectivity index (χ1) is 7.63. The number of rotatable bonds is 2. The summed E-state index contributed by atoms with van der Waals surface area (Å²) in [5.41, 5.74) is 8.61. The molecule has 1 aromatic rings. The second-order valence-electron chi connectivity index (χ2n) is 4.21. The lowest BCUT2D eigenvalue weighted by Crippen LogP contribution is -2.46. The number of hydrogen-bond donors (Lipinski definition) is 2. The van der Waals surface area contributed by atoms with E-state index in [1.54, 1.807) is 0 Å². The first-order valence-electron chi connectivity index (χ1n) is 5.48. The van der Waals surface area contributed by atoms with Crippen molar-refractivity contribution in [1.29, 1.82) is 0 Å². The van der Waals surface area contributed by atoms with E-state index in [1.165, 1.54) is 0 Å². The molecule has 2 rings (SSSR count). The molecular weight excluding hydrogens is 202 g/mol. The van der Waals surface area contributed by atoms with Gasteiger partial charge in [-0.15, -0.1) is 0 Å². The molecular formula is C12H17N3O. The third-order valence-electron chi connectivity index (χ3n) is 3.00. The second kappa shape index (κ2) is 4.14. The van der Waals surface area contributed by atoms with Crippen molar-refractivity contribution in [3.8, 4) is 0 Å². The van der Waals surface area contributed by atoms with E-state index < -0.39 is 0 Å². The number of fused-ring (bicyclic) bond motifs is 1. The first kappa shape index (κ1) is 11.0. The zero-order chi connectivity index (χ0) is 11.7. The summed E-state index contributed by atoms with van der Waals surface area (Å²) in [4.78, 5) is 13.9. The largest absolute Gasteiger partial charge is 0.361 e. The van der Waals surface area contributed by atoms with Crippen molar-refractivity contribution in [2.45, 2.75) is 19.4 Å². The van der Waals surface area contributed by atoms with Crippen molar-refractivity contribution in [2.24, 2.45) is 5.73 Å². The van der Waals surface area contributed by atoms with Gasteiger partial charge in [-0.2, -0.15) is 0 Å². The number of anilines is 2. The molecule has 0 aromatic heterocycles. The molecule has 0 bridgehead atoms. The van der Waals surface area contributed by atoms with Crippen molar-refractivity contribution in [3.63, 3.8) is 0 Å². The third kappa shape index (κ3) is 1.76. The van der Waals surface area contributed by atoms with E-state index >= 15 is 0 Å². The predicted octanol–water partition coefficient (Wildman–Crippen LogP) is 1.10. The number of nitrogens with one attached hydrogen (secondary N) is 1. The van der Waals surface area contributed by atoms with Crippen LogP contribution in [0, 0.1) is 6.92 Å². The number of amides is 1. The maximum atomic E-state index is 11.9. The Morgan fingerprint density at radius 1 is 1.50 bits per heavy atom. The Morgan fingerprint density at radius 3 is 2.94 bits per heavy atom. The fourth-order valence-electron chi connectivity index (χ4n) is 2.10. The average molecular weight is 219 g/mol. The highest BCUT2D eigenvalue weighted by Crippen LogP contribution is 2.32. The molecule has 0 radical (unpaired) electrons. The zero-order valence-electron chi connectivity index (χ0n) is 9.66. The van der Waals surface area contributed by atoms with Crippen LogP contribution in [0.1, 0.15) is 12.0 Å². The summed E-state index contributed by atoms with van der Waals surface area (Å²) in [6, 6.07) is 5.92. The van der Waals surface area contributed by atoms with Gasteiger partial charge >= 0.3 is 0 Å². The smallest absolute Gasteiger partial charge is 0.247 e. The van der Waals surface area contributed by atoms with E-state index in [0.29, 0.717) is 13.0 Å². The number of hydrogen-bond acceptors (Lipinski definition) is 3. The summed E-state index contributed by atoms with van der Waals surface area (Å²) in [6.45, 7) is 2.53. The van der Waals surface area contributed by atoms with Crippen LogP contribution in [0.25, 0.3) is 0 Å². The molecule has 1 aliphatic heterocycles. The van der Waals surface area contributed by atoms with E-state index in [-0.39, 0.29) is 11.9 Å². The van der Waals surface area contributed by atoms with Crippen LogP contribution in [0.5, 0.6) is 0 Å². The Balaban J connectivity index is 2.37. The number of aryl methyl sites for hydroxylation is 1. The van der Waals surface area contributed by atoms with E-state index in [4.69, 9.17) is 5.73 Å². The van der Waals surface area contributed by atoms with Crippen molar-refractivity contribution in [1.82, 2.24) is 0 Å². The minimum atomic E-state index is -0.153. The highest BCUT2D eigenvalue weighted by atomic mass is 16.2. The first-order valence-corrected chi connectivity index (χ1v) is 5.48. The summed E-state index contributed by atoms with van der Waals surface area (Å²) < 4.78 is 0. The van der Waals surface area contributed by atoms with Crippen molar-refractivity contribution >= 4 is 17.3 Å². The number of benzene rings is 1. The van der Waals surface area contributed by atoms with Gasteiger partial charge in [-0.3, -0.25) is 4.79 Å². The molecule has 3 N–H and O–H groups in total. The fourth-order valence-corrected chi connectivity index (χ4v) is 2.10. The number of carbonyl (C=O) groups is 1. The summed E-state index contributed by atoms with van der Waals surface area (Å²) in [5.74, 6) is 0.0334. The van der Waals surface area contributed by atoms with Gasteiger partial charge in [0, 0.05) is 7.05 Å². The predicted molar refractivity (Wildman–Crippen MR) is 65.7 cm³/mol. The molecule has 1 atom stereocenters. The van der Waals surface area contributed by atoms with Crippen LogP contribution in [-0.4, -0.2) is 25.5 Å². The second-order valence-corrected chi connectivity index (χ2v) is 4.21. The Labute approximate surface area is 95.4 Å². The summed E-state index contributed by atoms with van der Waals surface area (Å²) in [6.07, 6.45) is 0.676.